The van der Waals surface area contributed by atoms with Crippen LogP contribution in [0.2, 0.25) is 0 Å². The SMILES string of the molecule is CCCC(=O)OCCC1CCCO1. The lowest BCUT2D eigenvalue weighted by atomic mass is 10.2. The van der Waals surface area contributed by atoms with Gasteiger partial charge in [0, 0.05) is 19.4 Å². The summed E-state index contributed by atoms with van der Waals surface area (Å²) in [5, 5.41) is 0. The van der Waals surface area contributed by atoms with E-state index in [2.05, 4.69) is 0 Å². The molecule has 1 atom stereocenters. The van der Waals surface area contributed by atoms with Crippen LogP contribution in [0.25, 0.3) is 0 Å². The summed E-state index contributed by atoms with van der Waals surface area (Å²) in [6, 6.07) is 0. The van der Waals surface area contributed by atoms with Crippen molar-refractivity contribution in [2.75, 3.05) is 13.2 Å². The monoisotopic (exact) mass is 186 g/mol. The standard InChI is InChI=1S/C10H18O3/c1-2-4-10(11)13-8-6-9-5-3-7-12-9/h9H,2-8H2,1H3. The molecule has 0 saturated carbocycles. The summed E-state index contributed by atoms with van der Waals surface area (Å²) in [7, 11) is 0. The van der Waals surface area contributed by atoms with Crippen LogP contribution in [0.1, 0.15) is 39.0 Å². The molecule has 13 heavy (non-hydrogen) atoms. The van der Waals surface area contributed by atoms with Gasteiger partial charge in [-0.15, -0.1) is 0 Å². The molecule has 3 heteroatoms. The van der Waals surface area contributed by atoms with Gasteiger partial charge >= 0.3 is 5.97 Å². The molecule has 0 amide bonds. The third kappa shape index (κ3) is 4.27. The maximum absolute atomic E-state index is 11.0. The fourth-order valence-electron chi connectivity index (χ4n) is 1.45. The highest BCUT2D eigenvalue weighted by molar-refractivity contribution is 5.69. The van der Waals surface area contributed by atoms with Gasteiger partial charge in [-0.1, -0.05) is 6.92 Å². The van der Waals surface area contributed by atoms with Crippen LogP contribution in [0.15, 0.2) is 0 Å². The Morgan fingerprint density at radius 2 is 2.46 bits per heavy atom. The molecule has 0 aromatic rings. The van der Waals surface area contributed by atoms with Crippen molar-refractivity contribution in [2.24, 2.45) is 0 Å². The smallest absolute Gasteiger partial charge is 0.305 e. The highest BCUT2D eigenvalue weighted by Gasteiger charge is 2.15. The third-order valence-electron chi connectivity index (χ3n) is 2.18. The quantitative estimate of drug-likeness (QED) is 0.615. The van der Waals surface area contributed by atoms with Crippen molar-refractivity contribution in [2.45, 2.75) is 45.1 Å². The van der Waals surface area contributed by atoms with Gasteiger partial charge in [0.15, 0.2) is 0 Å². The number of esters is 1. The molecule has 0 aromatic heterocycles. The summed E-state index contributed by atoms with van der Waals surface area (Å²) in [5.41, 5.74) is 0. The Bertz CT molecular complexity index is 150. The molecule has 76 valence electrons. The number of ether oxygens (including phenoxy) is 2. The van der Waals surface area contributed by atoms with E-state index in [0.717, 1.165) is 32.3 Å². The number of hydrogen-bond acceptors (Lipinski definition) is 3. The molecule has 1 unspecified atom stereocenters. The van der Waals surface area contributed by atoms with E-state index < -0.39 is 0 Å². The Balaban J connectivity index is 1.96. The number of hydrogen-bond donors (Lipinski definition) is 0. The first-order valence-corrected chi connectivity index (χ1v) is 5.10. The average Bonchev–Trinajstić information content (AvgIpc) is 2.57. The second-order valence-corrected chi connectivity index (χ2v) is 3.39. The van der Waals surface area contributed by atoms with Crippen LogP contribution < -0.4 is 0 Å². The molecular formula is C10H18O3. The second kappa shape index (κ2) is 5.97. The predicted molar refractivity (Wildman–Crippen MR) is 49.5 cm³/mol. The fourth-order valence-corrected chi connectivity index (χ4v) is 1.45. The van der Waals surface area contributed by atoms with Crippen molar-refractivity contribution in [1.29, 1.82) is 0 Å². The van der Waals surface area contributed by atoms with Gasteiger partial charge in [-0.25, -0.2) is 0 Å². The zero-order chi connectivity index (χ0) is 9.52. The van der Waals surface area contributed by atoms with Gasteiger partial charge in [0.25, 0.3) is 0 Å². The van der Waals surface area contributed by atoms with E-state index in [1.165, 1.54) is 0 Å². The van der Waals surface area contributed by atoms with Crippen molar-refractivity contribution in [1.82, 2.24) is 0 Å². The van der Waals surface area contributed by atoms with Crippen LogP contribution in [0, 0.1) is 0 Å². The Kier molecular flexibility index (Phi) is 4.83. The average molecular weight is 186 g/mol. The van der Waals surface area contributed by atoms with Crippen LogP contribution in [0.4, 0.5) is 0 Å². The molecule has 0 aromatic carbocycles. The summed E-state index contributed by atoms with van der Waals surface area (Å²) < 4.78 is 10.4. The Labute approximate surface area is 79.4 Å². The summed E-state index contributed by atoms with van der Waals surface area (Å²) in [6.45, 7) is 3.36. The van der Waals surface area contributed by atoms with Crippen molar-refractivity contribution in [3.8, 4) is 0 Å². The minimum absolute atomic E-state index is 0.0829. The number of rotatable bonds is 5. The second-order valence-electron chi connectivity index (χ2n) is 3.39. The van der Waals surface area contributed by atoms with Gasteiger partial charge in [0.1, 0.15) is 0 Å². The summed E-state index contributed by atoms with van der Waals surface area (Å²) in [4.78, 5) is 11.0. The largest absolute Gasteiger partial charge is 0.466 e. The molecular weight excluding hydrogens is 168 g/mol. The summed E-state index contributed by atoms with van der Waals surface area (Å²) in [5.74, 6) is -0.0829. The highest BCUT2D eigenvalue weighted by atomic mass is 16.5. The topological polar surface area (TPSA) is 35.5 Å². The van der Waals surface area contributed by atoms with E-state index in [4.69, 9.17) is 9.47 Å². The Hall–Kier alpha value is -0.570. The van der Waals surface area contributed by atoms with E-state index in [9.17, 15) is 4.79 Å². The van der Waals surface area contributed by atoms with Gasteiger partial charge in [-0.2, -0.15) is 0 Å². The molecule has 0 aliphatic carbocycles. The molecule has 1 rings (SSSR count). The minimum atomic E-state index is -0.0829. The van der Waals surface area contributed by atoms with E-state index in [-0.39, 0.29) is 5.97 Å². The lowest BCUT2D eigenvalue weighted by Crippen LogP contribution is -2.12. The maximum atomic E-state index is 11.0. The van der Waals surface area contributed by atoms with Crippen molar-refractivity contribution < 1.29 is 14.3 Å². The molecule has 1 fully saturated rings. The van der Waals surface area contributed by atoms with Crippen molar-refractivity contribution >= 4 is 5.97 Å². The normalized spacial score (nSPS) is 21.8. The molecule has 0 spiro atoms. The van der Waals surface area contributed by atoms with Gasteiger partial charge in [-0.3, -0.25) is 4.79 Å². The van der Waals surface area contributed by atoms with Crippen LogP contribution in [-0.2, 0) is 14.3 Å². The minimum Gasteiger partial charge on any atom is -0.466 e. The molecule has 3 nitrogen and oxygen atoms in total. The van der Waals surface area contributed by atoms with Gasteiger partial charge in [0.05, 0.1) is 12.7 Å². The van der Waals surface area contributed by atoms with Crippen LogP contribution in [0.3, 0.4) is 0 Å². The van der Waals surface area contributed by atoms with Crippen LogP contribution in [-0.4, -0.2) is 25.3 Å². The third-order valence-corrected chi connectivity index (χ3v) is 2.18. The van der Waals surface area contributed by atoms with E-state index >= 15 is 0 Å². The van der Waals surface area contributed by atoms with Gasteiger partial charge in [0.2, 0.25) is 0 Å². The van der Waals surface area contributed by atoms with E-state index in [1.54, 1.807) is 0 Å². The summed E-state index contributed by atoms with van der Waals surface area (Å²) >= 11 is 0. The molecule has 0 N–H and O–H groups in total. The van der Waals surface area contributed by atoms with E-state index in [1.807, 2.05) is 6.92 Å². The van der Waals surface area contributed by atoms with E-state index in [0.29, 0.717) is 19.1 Å². The lowest BCUT2D eigenvalue weighted by molar-refractivity contribution is -0.144. The lowest BCUT2D eigenvalue weighted by Gasteiger charge is -2.08. The fraction of sp³-hybridized carbons (Fsp3) is 0.900. The Morgan fingerprint density at radius 3 is 3.08 bits per heavy atom. The molecule has 0 radical (unpaired) electrons. The van der Waals surface area contributed by atoms with Crippen molar-refractivity contribution in [3.05, 3.63) is 0 Å². The molecule has 1 heterocycles. The predicted octanol–water partition coefficient (Wildman–Crippen LogP) is 1.90. The molecule has 1 saturated heterocycles. The highest BCUT2D eigenvalue weighted by Crippen LogP contribution is 2.15. The number of carbonyl (C=O) groups excluding carboxylic acids is 1. The molecule has 0 bridgehead atoms. The zero-order valence-corrected chi connectivity index (χ0v) is 8.25. The van der Waals surface area contributed by atoms with Gasteiger partial charge in [-0.05, 0) is 19.3 Å². The Morgan fingerprint density at radius 1 is 1.62 bits per heavy atom. The van der Waals surface area contributed by atoms with Crippen LogP contribution >= 0.6 is 0 Å². The zero-order valence-electron chi connectivity index (χ0n) is 8.25. The molecule has 1 aliphatic heterocycles. The first-order chi connectivity index (χ1) is 6.33. The van der Waals surface area contributed by atoms with Crippen LogP contribution in [0.5, 0.6) is 0 Å². The maximum Gasteiger partial charge on any atom is 0.305 e. The summed E-state index contributed by atoms with van der Waals surface area (Å²) in [6.07, 6.45) is 4.84. The molecule has 1 aliphatic rings. The number of carbonyl (C=O) groups is 1. The first-order valence-electron chi connectivity index (χ1n) is 5.10. The van der Waals surface area contributed by atoms with Gasteiger partial charge < -0.3 is 9.47 Å². The first kappa shape index (κ1) is 10.5. The van der Waals surface area contributed by atoms with Crippen molar-refractivity contribution in [3.63, 3.8) is 0 Å².